The van der Waals surface area contributed by atoms with Gasteiger partial charge in [0.1, 0.15) is 5.69 Å². The maximum Gasteiger partial charge on any atom is 0.305 e. The number of nitrogens with one attached hydrogen (secondary N) is 1. The van der Waals surface area contributed by atoms with E-state index >= 15 is 0 Å². The molecule has 1 aromatic rings. The number of pyridine rings is 1. The Bertz CT molecular complexity index is 539. The highest BCUT2D eigenvalue weighted by Gasteiger charge is 2.23. The van der Waals surface area contributed by atoms with E-state index in [0.29, 0.717) is 0 Å². The van der Waals surface area contributed by atoms with Crippen LogP contribution in [0.3, 0.4) is 0 Å². The number of carboxylic acids is 1. The van der Waals surface area contributed by atoms with E-state index < -0.39 is 5.97 Å². The van der Waals surface area contributed by atoms with Gasteiger partial charge in [0, 0.05) is 31.5 Å². The Morgan fingerprint density at radius 1 is 1.41 bits per heavy atom. The minimum atomic E-state index is -0.946. The molecule has 7 heteroatoms. The highest BCUT2D eigenvalue weighted by atomic mass is 16.5. The topological polar surface area (TPSA) is 91.8 Å². The minimum Gasteiger partial charge on any atom is -0.481 e. The zero-order valence-electron chi connectivity index (χ0n) is 12.8. The summed E-state index contributed by atoms with van der Waals surface area (Å²) in [5.74, 6) is -1.31. The van der Waals surface area contributed by atoms with E-state index in [1.54, 1.807) is 12.3 Å². The average molecular weight is 307 g/mol. The molecule has 1 aliphatic heterocycles. The van der Waals surface area contributed by atoms with Gasteiger partial charge in [0.25, 0.3) is 5.91 Å². The van der Waals surface area contributed by atoms with Gasteiger partial charge < -0.3 is 20.1 Å². The molecule has 22 heavy (non-hydrogen) atoms. The molecule has 7 nitrogen and oxygen atoms in total. The molecule has 1 aromatic heterocycles. The molecule has 1 saturated heterocycles. The van der Waals surface area contributed by atoms with Crippen LogP contribution in [0, 0.1) is 0 Å². The molecule has 0 saturated carbocycles. The third kappa shape index (κ3) is 4.42. The molecule has 1 aliphatic rings. The van der Waals surface area contributed by atoms with Gasteiger partial charge in [-0.05, 0) is 26.0 Å². The van der Waals surface area contributed by atoms with E-state index in [4.69, 9.17) is 9.84 Å². The first-order chi connectivity index (χ1) is 10.5. The Kier molecular flexibility index (Phi) is 5.32. The van der Waals surface area contributed by atoms with Gasteiger partial charge in [-0.3, -0.25) is 14.6 Å². The van der Waals surface area contributed by atoms with Crippen LogP contribution in [0.4, 0.5) is 5.69 Å². The molecular formula is C15H21N3O4. The summed E-state index contributed by atoms with van der Waals surface area (Å²) in [6.45, 7) is 5.64. The summed E-state index contributed by atoms with van der Waals surface area (Å²) in [4.78, 5) is 28.6. The summed E-state index contributed by atoms with van der Waals surface area (Å²) in [5.41, 5.74) is 1.20. The Morgan fingerprint density at radius 2 is 2.09 bits per heavy atom. The van der Waals surface area contributed by atoms with E-state index in [-0.39, 0.29) is 36.8 Å². The van der Waals surface area contributed by atoms with Gasteiger partial charge >= 0.3 is 5.97 Å². The quantitative estimate of drug-likeness (QED) is 0.840. The lowest BCUT2D eigenvalue weighted by atomic mass is 10.2. The van der Waals surface area contributed by atoms with Crippen LogP contribution < -0.4 is 10.2 Å². The monoisotopic (exact) mass is 307 g/mol. The molecule has 2 N–H and O–H groups in total. The predicted molar refractivity (Wildman–Crippen MR) is 81.0 cm³/mol. The smallest absolute Gasteiger partial charge is 0.305 e. The Labute approximate surface area is 129 Å². The zero-order valence-corrected chi connectivity index (χ0v) is 12.8. The number of morpholine rings is 1. The molecule has 0 bridgehead atoms. The van der Waals surface area contributed by atoms with Crippen LogP contribution in [0.15, 0.2) is 18.3 Å². The molecule has 2 rings (SSSR count). The van der Waals surface area contributed by atoms with Crippen LogP contribution >= 0.6 is 0 Å². The lowest BCUT2D eigenvalue weighted by Crippen LogP contribution is -2.45. The number of nitrogens with zero attached hydrogens (tertiary/aromatic N) is 2. The number of rotatable bonds is 5. The first-order valence-corrected chi connectivity index (χ1v) is 7.32. The van der Waals surface area contributed by atoms with Crippen molar-refractivity contribution >= 4 is 17.6 Å². The number of amides is 1. The number of aromatic nitrogens is 1. The molecule has 0 radical (unpaired) electrons. The third-order valence-electron chi connectivity index (χ3n) is 3.39. The Morgan fingerprint density at radius 3 is 2.73 bits per heavy atom. The lowest BCUT2D eigenvalue weighted by molar-refractivity contribution is -0.136. The van der Waals surface area contributed by atoms with Crippen molar-refractivity contribution in [3.63, 3.8) is 0 Å². The maximum atomic E-state index is 12.0. The predicted octanol–water partition coefficient (Wildman–Crippen LogP) is 0.900. The van der Waals surface area contributed by atoms with E-state index in [1.165, 1.54) is 0 Å². The molecule has 0 aromatic carbocycles. The maximum absolute atomic E-state index is 12.0. The highest BCUT2D eigenvalue weighted by Crippen LogP contribution is 2.20. The third-order valence-corrected chi connectivity index (χ3v) is 3.39. The molecule has 120 valence electrons. The molecule has 2 atom stereocenters. The number of aliphatic carboxylic acids is 1. The van der Waals surface area contributed by atoms with Gasteiger partial charge in [0.15, 0.2) is 0 Å². The van der Waals surface area contributed by atoms with E-state index in [9.17, 15) is 9.59 Å². The summed E-state index contributed by atoms with van der Waals surface area (Å²) >= 11 is 0. The Hall–Kier alpha value is -2.15. The van der Waals surface area contributed by atoms with Gasteiger partial charge in [-0.1, -0.05) is 0 Å². The van der Waals surface area contributed by atoms with E-state index in [1.807, 2.05) is 19.9 Å². The fraction of sp³-hybridized carbons (Fsp3) is 0.533. The molecule has 0 unspecified atom stereocenters. The number of carboxylic acid groups (broad SMARTS) is 1. The SMILES string of the molecule is C[C@@H]1CN(c2ccnc(C(=O)NCCC(=O)O)c2)C[C@@H](C)O1. The first kappa shape index (κ1) is 16.2. The number of ether oxygens (including phenoxy) is 1. The van der Waals surface area contributed by atoms with Crippen molar-refractivity contribution in [2.75, 3.05) is 24.5 Å². The Balaban J connectivity index is 2.03. The highest BCUT2D eigenvalue weighted by molar-refractivity contribution is 5.93. The fourth-order valence-electron chi connectivity index (χ4n) is 2.50. The number of hydrogen-bond donors (Lipinski definition) is 2. The molecule has 2 heterocycles. The summed E-state index contributed by atoms with van der Waals surface area (Å²) in [6, 6.07) is 3.58. The fourth-order valence-corrected chi connectivity index (χ4v) is 2.50. The number of carbonyl (C=O) groups excluding carboxylic acids is 1. The average Bonchev–Trinajstić information content (AvgIpc) is 2.46. The second-order valence-electron chi connectivity index (χ2n) is 5.46. The van der Waals surface area contributed by atoms with Gasteiger partial charge in [0.2, 0.25) is 0 Å². The van der Waals surface area contributed by atoms with Crippen molar-refractivity contribution in [2.45, 2.75) is 32.5 Å². The van der Waals surface area contributed by atoms with Crippen LogP contribution in [0.2, 0.25) is 0 Å². The van der Waals surface area contributed by atoms with Crippen molar-refractivity contribution in [1.82, 2.24) is 10.3 Å². The molecule has 1 fully saturated rings. The van der Waals surface area contributed by atoms with Crippen molar-refractivity contribution in [3.8, 4) is 0 Å². The van der Waals surface area contributed by atoms with Gasteiger partial charge in [-0.25, -0.2) is 0 Å². The van der Waals surface area contributed by atoms with Gasteiger partial charge in [-0.2, -0.15) is 0 Å². The molecule has 0 aliphatic carbocycles. The summed E-state index contributed by atoms with van der Waals surface area (Å²) in [6.07, 6.45) is 1.74. The number of anilines is 1. The lowest BCUT2D eigenvalue weighted by Gasteiger charge is -2.36. The van der Waals surface area contributed by atoms with Crippen LogP contribution in [0.25, 0.3) is 0 Å². The second-order valence-corrected chi connectivity index (χ2v) is 5.46. The minimum absolute atomic E-state index is 0.0890. The van der Waals surface area contributed by atoms with E-state index in [0.717, 1.165) is 18.8 Å². The summed E-state index contributed by atoms with van der Waals surface area (Å²) < 4.78 is 5.70. The van der Waals surface area contributed by atoms with Crippen LogP contribution in [-0.2, 0) is 9.53 Å². The largest absolute Gasteiger partial charge is 0.481 e. The standard InChI is InChI=1S/C15H21N3O4/c1-10-8-18(9-11(2)22-10)12-3-5-16-13(7-12)15(21)17-6-4-14(19)20/h3,5,7,10-11H,4,6,8-9H2,1-2H3,(H,17,21)(H,19,20)/t10-,11-/m1/s1. The van der Waals surface area contributed by atoms with Crippen molar-refractivity contribution < 1.29 is 19.4 Å². The van der Waals surface area contributed by atoms with Crippen LogP contribution in [0.1, 0.15) is 30.8 Å². The van der Waals surface area contributed by atoms with Crippen LogP contribution in [0.5, 0.6) is 0 Å². The molecular weight excluding hydrogens is 286 g/mol. The normalized spacial score (nSPS) is 21.5. The van der Waals surface area contributed by atoms with Crippen LogP contribution in [-0.4, -0.2) is 53.8 Å². The number of carbonyl (C=O) groups is 2. The van der Waals surface area contributed by atoms with Gasteiger partial charge in [-0.15, -0.1) is 0 Å². The molecule has 0 spiro atoms. The summed E-state index contributed by atoms with van der Waals surface area (Å²) in [7, 11) is 0. The van der Waals surface area contributed by atoms with E-state index in [2.05, 4.69) is 15.2 Å². The molecule has 1 amide bonds. The summed E-state index contributed by atoms with van der Waals surface area (Å²) in [5, 5.41) is 11.1. The number of hydrogen-bond acceptors (Lipinski definition) is 5. The van der Waals surface area contributed by atoms with Crippen molar-refractivity contribution in [2.24, 2.45) is 0 Å². The second kappa shape index (κ2) is 7.22. The van der Waals surface area contributed by atoms with Gasteiger partial charge in [0.05, 0.1) is 18.6 Å². The first-order valence-electron chi connectivity index (χ1n) is 7.32. The van der Waals surface area contributed by atoms with Crippen molar-refractivity contribution in [3.05, 3.63) is 24.0 Å². The zero-order chi connectivity index (χ0) is 16.1. The van der Waals surface area contributed by atoms with Crippen molar-refractivity contribution in [1.29, 1.82) is 0 Å².